The molecule has 1 heterocycles. The molecule has 2 aromatic carbocycles. The Morgan fingerprint density at radius 3 is 1.68 bits per heavy atom. The van der Waals surface area contributed by atoms with Crippen LogP contribution in [-0.2, 0) is 38.0 Å². The normalized spacial score (nSPS) is 11.5. The third-order valence-corrected chi connectivity index (χ3v) is 9.05. The zero-order valence-corrected chi connectivity index (χ0v) is 34.1. The van der Waals surface area contributed by atoms with E-state index >= 15 is 0 Å². The molecule has 1 aliphatic heterocycles. The number of nitrogens with one attached hydrogen (secondary N) is 2. The lowest BCUT2D eigenvalue weighted by Gasteiger charge is -2.25. The maximum Gasteiger partial charge on any atom is 0.221 e. The summed E-state index contributed by atoms with van der Waals surface area (Å²) in [5.41, 5.74) is 12.8. The Labute approximate surface area is 345 Å². The lowest BCUT2D eigenvalue weighted by atomic mass is 10.0. The summed E-state index contributed by atoms with van der Waals surface area (Å²) in [6, 6.07) is 11.4. The van der Waals surface area contributed by atoms with E-state index in [4.69, 9.17) is 49.3 Å². The van der Waals surface area contributed by atoms with Gasteiger partial charge in [0.25, 0.3) is 0 Å². The van der Waals surface area contributed by atoms with E-state index in [1.165, 1.54) is 18.2 Å². The van der Waals surface area contributed by atoms with Gasteiger partial charge in [0.15, 0.2) is 16.8 Å². The van der Waals surface area contributed by atoms with Crippen LogP contribution in [0.3, 0.4) is 0 Å². The van der Waals surface area contributed by atoms with Gasteiger partial charge in [-0.05, 0) is 69.1 Å². The van der Waals surface area contributed by atoms with Gasteiger partial charge in [-0.3, -0.25) is 14.4 Å². The molecule has 0 atom stereocenters. The quantitative estimate of drug-likeness (QED) is 0.0264. The van der Waals surface area contributed by atoms with Gasteiger partial charge < -0.3 is 64.9 Å². The molecule has 0 spiro atoms. The van der Waals surface area contributed by atoms with E-state index in [1.54, 1.807) is 18.2 Å². The number of carbonyl (C=O) groups excluding carboxylic acids is 2. The largest absolute Gasteiger partial charge is 0.508 e. The minimum Gasteiger partial charge on any atom is -0.508 e. The van der Waals surface area contributed by atoms with Crippen LogP contribution in [0.1, 0.15) is 38.5 Å². The minimum absolute atomic E-state index is 0.0161. The van der Waals surface area contributed by atoms with E-state index in [2.05, 4.69) is 10.6 Å². The number of aromatic nitrogens is 1. The summed E-state index contributed by atoms with van der Waals surface area (Å²) >= 11 is 0. The van der Waals surface area contributed by atoms with Crippen LogP contribution in [0.5, 0.6) is 5.75 Å². The lowest BCUT2D eigenvalue weighted by Crippen LogP contribution is -2.35. The fourth-order valence-corrected chi connectivity index (χ4v) is 5.93. The number of amides is 2. The summed E-state index contributed by atoms with van der Waals surface area (Å²) < 4.78 is 39.1. The number of anilines is 1. The number of nitrogens with two attached hydrogens (primary N) is 2. The number of ether oxygens (including phenoxy) is 6. The SMILES string of the molecule is NCCCOCCOCCOCCCNC(=O)CCN(CCC(=O)NCCCOCCOCCOCCCN)c1ccc2nc3c4cc(O)ccc4c(=O)cc-3oc2c1. The highest BCUT2D eigenvalue weighted by molar-refractivity contribution is 5.97. The number of benzene rings is 3. The highest BCUT2D eigenvalue weighted by Gasteiger charge is 2.18. The summed E-state index contributed by atoms with van der Waals surface area (Å²) in [4.78, 5) is 45.3. The van der Waals surface area contributed by atoms with Crippen molar-refractivity contribution >= 4 is 39.4 Å². The first kappa shape index (κ1) is 47.2. The number of aromatic hydroxyl groups is 1. The standard InChI is InChI=1S/C42H62N6O11/c43-11-1-17-53-21-25-57-27-23-55-19-3-13-45-40(51)9-15-48(16-10-41(52)46-14-4-20-56-24-28-58-26-22-54-18-2-12-44)32-5-8-36-38(29-32)59-39-31-37(50)34-7-6-33(49)30-35(34)42(39)47-36/h5-8,29-31,49H,1-4,9-28,43-44H2,(H,45,51)(H,46,52). The van der Waals surface area contributed by atoms with E-state index in [0.29, 0.717) is 159 Å². The van der Waals surface area contributed by atoms with E-state index in [9.17, 15) is 19.5 Å². The molecule has 2 aliphatic rings. The monoisotopic (exact) mass is 826 g/mol. The van der Waals surface area contributed by atoms with Gasteiger partial charge in [-0.15, -0.1) is 0 Å². The lowest BCUT2D eigenvalue weighted by molar-refractivity contribution is -0.121. The molecule has 0 unspecified atom stereocenters. The number of carbonyl (C=O) groups is 2. The zero-order valence-electron chi connectivity index (χ0n) is 34.1. The summed E-state index contributed by atoms with van der Waals surface area (Å²) in [5, 5.41) is 16.9. The number of hydrogen-bond donors (Lipinski definition) is 5. The molecule has 326 valence electrons. The molecule has 0 aromatic heterocycles. The van der Waals surface area contributed by atoms with Crippen molar-refractivity contribution in [2.75, 3.05) is 123 Å². The van der Waals surface area contributed by atoms with Gasteiger partial charge in [-0.25, -0.2) is 4.98 Å². The van der Waals surface area contributed by atoms with E-state index in [1.807, 2.05) is 11.0 Å². The molecule has 2 aromatic rings. The number of fused-ring (bicyclic) bond motifs is 4. The van der Waals surface area contributed by atoms with Crippen molar-refractivity contribution in [3.8, 4) is 17.2 Å². The summed E-state index contributed by atoms with van der Waals surface area (Å²) in [5.74, 6) is 0.0376. The van der Waals surface area contributed by atoms with Crippen molar-refractivity contribution in [2.24, 2.45) is 11.5 Å². The van der Waals surface area contributed by atoms with E-state index in [0.717, 1.165) is 18.5 Å². The van der Waals surface area contributed by atoms with Crippen LogP contribution in [0.2, 0.25) is 0 Å². The molecule has 7 N–H and O–H groups in total. The molecule has 17 heteroatoms. The fourth-order valence-electron chi connectivity index (χ4n) is 5.93. The number of nitrogens with zero attached hydrogens (tertiary/aromatic N) is 2. The molecule has 0 fully saturated rings. The van der Waals surface area contributed by atoms with Gasteiger partial charge in [0, 0.05) is 94.0 Å². The van der Waals surface area contributed by atoms with Crippen LogP contribution in [0.25, 0.3) is 33.3 Å². The Kier molecular flexibility index (Phi) is 22.5. The van der Waals surface area contributed by atoms with Gasteiger partial charge in [0.2, 0.25) is 11.8 Å². The first-order valence-corrected chi connectivity index (χ1v) is 20.5. The molecule has 0 saturated carbocycles. The van der Waals surface area contributed by atoms with Gasteiger partial charge in [0.1, 0.15) is 17.0 Å². The average Bonchev–Trinajstić information content (AvgIpc) is 3.23. The molecule has 2 amide bonds. The van der Waals surface area contributed by atoms with Crippen molar-refractivity contribution in [2.45, 2.75) is 38.5 Å². The summed E-state index contributed by atoms with van der Waals surface area (Å²) in [6.45, 7) is 8.92. The molecule has 4 rings (SSSR count). The summed E-state index contributed by atoms with van der Waals surface area (Å²) in [7, 11) is 0. The second-order valence-corrected chi connectivity index (χ2v) is 13.7. The highest BCUT2D eigenvalue weighted by Crippen LogP contribution is 2.33. The van der Waals surface area contributed by atoms with Crippen molar-refractivity contribution in [3.05, 3.63) is 52.7 Å². The molecule has 0 radical (unpaired) electrons. The number of hydrogen-bond acceptors (Lipinski definition) is 15. The fraction of sp³-hybridized carbons (Fsp3) is 0.571. The van der Waals surface area contributed by atoms with Crippen LogP contribution in [0, 0.1) is 0 Å². The first-order chi connectivity index (χ1) is 28.9. The Morgan fingerprint density at radius 2 is 1.15 bits per heavy atom. The molecular weight excluding hydrogens is 764 g/mol. The predicted octanol–water partition coefficient (Wildman–Crippen LogP) is 2.55. The number of phenols is 1. The maximum absolute atomic E-state index is 12.9. The van der Waals surface area contributed by atoms with Crippen LogP contribution >= 0.6 is 0 Å². The third-order valence-electron chi connectivity index (χ3n) is 9.05. The Bertz CT molecular complexity index is 1800. The van der Waals surface area contributed by atoms with E-state index < -0.39 is 0 Å². The maximum atomic E-state index is 12.9. The average molecular weight is 827 g/mol. The number of phenolic OH excluding ortho intramolecular Hbond substituents is 1. The zero-order chi connectivity index (χ0) is 41.9. The number of rotatable bonds is 33. The van der Waals surface area contributed by atoms with Crippen molar-refractivity contribution in [1.82, 2.24) is 15.6 Å². The smallest absolute Gasteiger partial charge is 0.221 e. The first-order valence-electron chi connectivity index (χ1n) is 20.5. The van der Waals surface area contributed by atoms with Crippen molar-refractivity contribution in [3.63, 3.8) is 0 Å². The summed E-state index contributed by atoms with van der Waals surface area (Å²) in [6.07, 6.45) is 3.33. The predicted molar refractivity (Wildman–Crippen MR) is 225 cm³/mol. The van der Waals surface area contributed by atoms with Gasteiger partial charge in [-0.2, -0.15) is 0 Å². The topological polar surface area (TPSA) is 232 Å². The van der Waals surface area contributed by atoms with Crippen LogP contribution in [0.15, 0.2) is 51.7 Å². The van der Waals surface area contributed by atoms with Gasteiger partial charge in [-0.1, -0.05) is 0 Å². The van der Waals surface area contributed by atoms with Gasteiger partial charge >= 0.3 is 0 Å². The second-order valence-electron chi connectivity index (χ2n) is 13.7. The molecule has 0 saturated heterocycles. The highest BCUT2D eigenvalue weighted by atomic mass is 16.5. The Hall–Kier alpha value is -4.46. The van der Waals surface area contributed by atoms with Crippen LogP contribution in [0.4, 0.5) is 5.69 Å². The van der Waals surface area contributed by atoms with Crippen molar-refractivity contribution < 1.29 is 47.5 Å². The van der Waals surface area contributed by atoms with Crippen LogP contribution < -0.4 is 32.4 Å². The molecule has 0 bridgehead atoms. The minimum atomic E-state index is -0.250. The molecular formula is C42H62N6O11. The van der Waals surface area contributed by atoms with Crippen LogP contribution in [-0.4, -0.2) is 140 Å². The second kappa shape index (κ2) is 28.1. The third kappa shape index (κ3) is 17.7. The Balaban J connectivity index is 1.25. The molecule has 59 heavy (non-hydrogen) atoms. The molecule has 1 aliphatic carbocycles. The van der Waals surface area contributed by atoms with E-state index in [-0.39, 0.29) is 41.6 Å². The Morgan fingerprint density at radius 1 is 0.644 bits per heavy atom. The molecule has 17 nitrogen and oxygen atoms in total. The van der Waals surface area contributed by atoms with Gasteiger partial charge in [0.05, 0.1) is 52.9 Å². The van der Waals surface area contributed by atoms with Crippen molar-refractivity contribution in [1.29, 1.82) is 0 Å².